The molecule has 0 heterocycles. The number of aliphatic carboxylic acids is 1. The van der Waals surface area contributed by atoms with Crippen molar-refractivity contribution >= 4 is 11.9 Å². The second-order valence-corrected chi connectivity index (χ2v) is 4.03. The van der Waals surface area contributed by atoms with E-state index in [1.165, 1.54) is 0 Å². The van der Waals surface area contributed by atoms with Crippen LogP contribution in [0.2, 0.25) is 0 Å². The molecular weight excluding hydrogens is 234 g/mol. The number of carboxylic acids is 1. The van der Waals surface area contributed by atoms with Crippen LogP contribution in [0.4, 0.5) is 0 Å². The van der Waals surface area contributed by atoms with Crippen molar-refractivity contribution in [1.29, 1.82) is 0 Å². The van der Waals surface area contributed by atoms with E-state index in [1.807, 2.05) is 38.1 Å². The molecule has 5 heteroatoms. The van der Waals surface area contributed by atoms with Crippen molar-refractivity contribution in [1.82, 2.24) is 5.32 Å². The Kier molecular flexibility index (Phi) is 5.32. The standard InChI is InChI=1S/C13H17NO4/c1-9-5-3-4-6-11(9)10(2)14-12(15)7-18-8-13(16)17/h3-6,10H,7-8H2,1-2H3,(H,14,15)(H,16,17)/t10-/m1/s1. The van der Waals surface area contributed by atoms with Gasteiger partial charge in [0, 0.05) is 0 Å². The summed E-state index contributed by atoms with van der Waals surface area (Å²) in [7, 11) is 0. The van der Waals surface area contributed by atoms with Crippen LogP contribution in [-0.2, 0) is 14.3 Å². The molecule has 0 unspecified atom stereocenters. The number of nitrogens with one attached hydrogen (secondary N) is 1. The van der Waals surface area contributed by atoms with E-state index in [0.717, 1.165) is 11.1 Å². The fourth-order valence-electron chi connectivity index (χ4n) is 1.66. The maximum atomic E-state index is 11.5. The van der Waals surface area contributed by atoms with Gasteiger partial charge in [-0.1, -0.05) is 24.3 Å². The molecule has 0 saturated heterocycles. The number of carbonyl (C=O) groups is 2. The van der Waals surface area contributed by atoms with E-state index in [0.29, 0.717) is 0 Å². The van der Waals surface area contributed by atoms with E-state index in [2.05, 4.69) is 5.32 Å². The predicted molar refractivity (Wildman–Crippen MR) is 66.2 cm³/mol. The second-order valence-electron chi connectivity index (χ2n) is 4.03. The van der Waals surface area contributed by atoms with Gasteiger partial charge in [-0.3, -0.25) is 4.79 Å². The van der Waals surface area contributed by atoms with Crippen LogP contribution in [0.5, 0.6) is 0 Å². The molecule has 0 saturated carbocycles. The van der Waals surface area contributed by atoms with Crippen molar-refractivity contribution in [3.05, 3.63) is 35.4 Å². The maximum Gasteiger partial charge on any atom is 0.329 e. The number of carbonyl (C=O) groups excluding carboxylic acids is 1. The summed E-state index contributed by atoms with van der Waals surface area (Å²) in [5, 5.41) is 11.1. The molecule has 1 amide bonds. The lowest BCUT2D eigenvalue weighted by molar-refractivity contribution is -0.143. The Bertz CT molecular complexity index is 431. The molecule has 5 nitrogen and oxygen atoms in total. The predicted octanol–water partition coefficient (Wildman–Crippen LogP) is 1.27. The molecule has 1 aromatic rings. The highest BCUT2D eigenvalue weighted by Gasteiger charge is 2.11. The highest BCUT2D eigenvalue weighted by Crippen LogP contribution is 2.16. The van der Waals surface area contributed by atoms with Gasteiger partial charge >= 0.3 is 5.97 Å². The van der Waals surface area contributed by atoms with E-state index in [-0.39, 0.29) is 18.6 Å². The van der Waals surface area contributed by atoms with Crippen molar-refractivity contribution in [2.24, 2.45) is 0 Å². The van der Waals surface area contributed by atoms with Crippen LogP contribution in [0.3, 0.4) is 0 Å². The minimum absolute atomic E-state index is 0.132. The number of hydrogen-bond acceptors (Lipinski definition) is 3. The van der Waals surface area contributed by atoms with Gasteiger partial charge in [-0.15, -0.1) is 0 Å². The van der Waals surface area contributed by atoms with Crippen LogP contribution in [0.25, 0.3) is 0 Å². The quantitative estimate of drug-likeness (QED) is 0.798. The number of aryl methyl sites for hydroxylation is 1. The fraction of sp³-hybridized carbons (Fsp3) is 0.385. The number of benzene rings is 1. The summed E-state index contributed by atoms with van der Waals surface area (Å²) >= 11 is 0. The number of amides is 1. The Labute approximate surface area is 106 Å². The number of carboxylic acid groups (broad SMARTS) is 1. The molecule has 0 spiro atoms. The van der Waals surface area contributed by atoms with Crippen molar-refractivity contribution in [2.45, 2.75) is 19.9 Å². The molecule has 0 aliphatic carbocycles. The SMILES string of the molecule is Cc1ccccc1[C@@H](C)NC(=O)COCC(=O)O. The average Bonchev–Trinajstić information content (AvgIpc) is 2.28. The van der Waals surface area contributed by atoms with Crippen molar-refractivity contribution in [3.63, 3.8) is 0 Å². The van der Waals surface area contributed by atoms with Gasteiger partial charge in [0.2, 0.25) is 5.91 Å². The molecule has 18 heavy (non-hydrogen) atoms. The molecule has 0 aliphatic heterocycles. The van der Waals surface area contributed by atoms with Crippen LogP contribution < -0.4 is 5.32 Å². The maximum absolute atomic E-state index is 11.5. The number of rotatable bonds is 6. The summed E-state index contributed by atoms with van der Waals surface area (Å²) in [6.07, 6.45) is 0. The monoisotopic (exact) mass is 251 g/mol. The highest BCUT2D eigenvalue weighted by molar-refractivity contribution is 5.78. The van der Waals surface area contributed by atoms with Crippen LogP contribution in [0.15, 0.2) is 24.3 Å². The van der Waals surface area contributed by atoms with Gasteiger partial charge in [-0.2, -0.15) is 0 Å². The van der Waals surface area contributed by atoms with Gasteiger partial charge < -0.3 is 15.2 Å². The minimum Gasteiger partial charge on any atom is -0.480 e. The van der Waals surface area contributed by atoms with E-state index in [9.17, 15) is 9.59 Å². The lowest BCUT2D eigenvalue weighted by atomic mass is 10.0. The zero-order valence-electron chi connectivity index (χ0n) is 10.5. The lowest BCUT2D eigenvalue weighted by Gasteiger charge is -2.16. The zero-order valence-corrected chi connectivity index (χ0v) is 10.5. The van der Waals surface area contributed by atoms with E-state index >= 15 is 0 Å². The van der Waals surface area contributed by atoms with Crippen LogP contribution >= 0.6 is 0 Å². The Hall–Kier alpha value is -1.88. The largest absolute Gasteiger partial charge is 0.480 e. The van der Waals surface area contributed by atoms with Gasteiger partial charge in [0.25, 0.3) is 0 Å². The van der Waals surface area contributed by atoms with Crippen LogP contribution in [-0.4, -0.2) is 30.2 Å². The first-order valence-corrected chi connectivity index (χ1v) is 5.65. The molecule has 1 atom stereocenters. The third-order valence-corrected chi connectivity index (χ3v) is 2.49. The van der Waals surface area contributed by atoms with E-state index in [1.54, 1.807) is 0 Å². The van der Waals surface area contributed by atoms with Crippen molar-refractivity contribution < 1.29 is 19.4 Å². The highest BCUT2D eigenvalue weighted by atomic mass is 16.5. The summed E-state index contributed by atoms with van der Waals surface area (Å²) in [5.41, 5.74) is 2.13. The second kappa shape index (κ2) is 6.76. The molecule has 0 aliphatic rings. The van der Waals surface area contributed by atoms with Crippen LogP contribution in [0, 0.1) is 6.92 Å². The van der Waals surface area contributed by atoms with E-state index < -0.39 is 12.6 Å². The van der Waals surface area contributed by atoms with Gasteiger partial charge in [-0.05, 0) is 25.0 Å². The van der Waals surface area contributed by atoms with Gasteiger partial charge in [0.15, 0.2) is 0 Å². The molecule has 1 aromatic carbocycles. The molecule has 0 bridgehead atoms. The van der Waals surface area contributed by atoms with Crippen LogP contribution in [0.1, 0.15) is 24.1 Å². The summed E-state index contributed by atoms with van der Waals surface area (Å²) in [5.74, 6) is -1.42. The Morgan fingerprint density at radius 3 is 2.61 bits per heavy atom. The third kappa shape index (κ3) is 4.55. The molecule has 98 valence electrons. The lowest BCUT2D eigenvalue weighted by Crippen LogP contribution is -2.31. The third-order valence-electron chi connectivity index (χ3n) is 2.49. The first-order valence-electron chi connectivity index (χ1n) is 5.65. The Balaban J connectivity index is 2.45. The fourth-order valence-corrected chi connectivity index (χ4v) is 1.66. The molecule has 1 rings (SSSR count). The normalized spacial score (nSPS) is 11.9. The van der Waals surface area contributed by atoms with Gasteiger partial charge in [0.1, 0.15) is 13.2 Å². The summed E-state index contributed by atoms with van der Waals surface area (Å²) in [4.78, 5) is 21.7. The number of hydrogen-bond donors (Lipinski definition) is 2. The first-order chi connectivity index (χ1) is 8.50. The smallest absolute Gasteiger partial charge is 0.329 e. The first kappa shape index (κ1) is 14.2. The average molecular weight is 251 g/mol. The molecule has 2 N–H and O–H groups in total. The number of ether oxygens (including phenoxy) is 1. The molecule has 0 radical (unpaired) electrons. The molecular formula is C13H17NO4. The van der Waals surface area contributed by atoms with Crippen molar-refractivity contribution in [2.75, 3.05) is 13.2 Å². The van der Waals surface area contributed by atoms with Gasteiger partial charge in [0.05, 0.1) is 6.04 Å². The Morgan fingerprint density at radius 2 is 2.00 bits per heavy atom. The minimum atomic E-state index is -1.09. The Morgan fingerprint density at radius 1 is 1.33 bits per heavy atom. The van der Waals surface area contributed by atoms with Crippen molar-refractivity contribution in [3.8, 4) is 0 Å². The summed E-state index contributed by atoms with van der Waals surface area (Å²) in [6, 6.07) is 7.62. The molecule has 0 aromatic heterocycles. The van der Waals surface area contributed by atoms with Gasteiger partial charge in [-0.25, -0.2) is 4.79 Å². The topological polar surface area (TPSA) is 75.6 Å². The van der Waals surface area contributed by atoms with E-state index in [4.69, 9.17) is 9.84 Å². The summed E-state index contributed by atoms with van der Waals surface area (Å²) < 4.78 is 4.71. The molecule has 0 fully saturated rings. The summed E-state index contributed by atoms with van der Waals surface area (Å²) in [6.45, 7) is 3.13. The zero-order chi connectivity index (χ0) is 13.5.